The summed E-state index contributed by atoms with van der Waals surface area (Å²) < 4.78 is 0. The van der Waals surface area contributed by atoms with E-state index in [-0.39, 0.29) is 71.3 Å². The fraction of sp³-hybridized carbons (Fsp3) is 0.778. The van der Waals surface area contributed by atoms with Gasteiger partial charge in [0, 0.05) is 57.4 Å². The average Bonchev–Trinajstić information content (AvgIpc) is 3.35. The van der Waals surface area contributed by atoms with Gasteiger partial charge in [-0.3, -0.25) is 28.8 Å². The van der Waals surface area contributed by atoms with Crippen molar-refractivity contribution in [3.05, 3.63) is 46.5 Å². The standard InChI is InChI=1S/C63H100N6O6/c1-46-31-51-24-17-26-62(40-46,44-51)68(5)59(74)38-56(71)65-29-14-8-11-20-49-33-48(19-10-7-13-28-64-55(70)37-58(73)67(4)61(3)42-53-22-16-23-54(36-53)43-61)34-50(35-49)21-12-9-15-30-66-57(72)39-60(75)69(6)63-27-18-25-52(45-63)32-47(2)41-63/h31,33-35,46-47,52-54H,7-30,32,36-45H2,1-6H3,(H,64,70)(H,65,71)(H,66,72). The van der Waals surface area contributed by atoms with Crippen molar-refractivity contribution in [2.24, 2.45) is 29.6 Å². The van der Waals surface area contributed by atoms with Crippen molar-refractivity contribution < 1.29 is 28.8 Å². The minimum atomic E-state index is -0.186. The van der Waals surface area contributed by atoms with Crippen molar-refractivity contribution in [3.8, 4) is 0 Å². The quantitative estimate of drug-likeness (QED) is 0.0454. The molecule has 1 aromatic rings. The Balaban J connectivity index is 0.818. The number of amides is 6. The number of hydrogen-bond donors (Lipinski definition) is 3. The highest BCUT2D eigenvalue weighted by Gasteiger charge is 2.47. The molecule has 5 saturated carbocycles. The van der Waals surface area contributed by atoms with Crippen molar-refractivity contribution in [2.75, 3.05) is 40.8 Å². The Morgan fingerprint density at radius 2 is 0.973 bits per heavy atom. The zero-order valence-corrected chi connectivity index (χ0v) is 47.7. The topological polar surface area (TPSA) is 148 Å². The highest BCUT2D eigenvalue weighted by atomic mass is 16.2. The SMILES string of the molecule is CC1C=C2CCCC(N(C)C(=O)CC(=O)NCCCCCc3cc(CCCCCNC(=O)CC(=O)N(C)C4(C)CC5CCCC(C5)C4)cc(CCCCCNC(=O)CC(=O)N(C)C45CCCC(CC(C)C4)C5)c3)(C2)C1. The number of carbonyl (C=O) groups is 6. The van der Waals surface area contributed by atoms with Crippen LogP contribution in [-0.4, -0.2) is 108 Å². The van der Waals surface area contributed by atoms with Crippen LogP contribution in [0.5, 0.6) is 0 Å². The van der Waals surface area contributed by atoms with Crippen LogP contribution in [0.4, 0.5) is 0 Å². The van der Waals surface area contributed by atoms with E-state index in [0.29, 0.717) is 49.2 Å². The van der Waals surface area contributed by atoms with E-state index in [1.807, 2.05) is 35.8 Å². The maximum absolute atomic E-state index is 13.3. The van der Waals surface area contributed by atoms with E-state index in [2.05, 4.69) is 61.0 Å². The molecule has 0 saturated heterocycles. The molecule has 0 aromatic heterocycles. The molecule has 7 atom stereocenters. The summed E-state index contributed by atoms with van der Waals surface area (Å²) in [5.41, 5.74) is 5.09. The van der Waals surface area contributed by atoms with E-state index in [0.717, 1.165) is 141 Å². The summed E-state index contributed by atoms with van der Waals surface area (Å²) in [5, 5.41) is 9.09. The van der Waals surface area contributed by atoms with Crippen LogP contribution in [0, 0.1) is 29.6 Å². The van der Waals surface area contributed by atoms with Crippen LogP contribution >= 0.6 is 0 Å². The van der Waals surface area contributed by atoms with Gasteiger partial charge in [-0.25, -0.2) is 0 Å². The first-order chi connectivity index (χ1) is 35.9. The summed E-state index contributed by atoms with van der Waals surface area (Å²) in [4.78, 5) is 84.4. The Labute approximate surface area is 452 Å². The number of fused-ring (bicyclic) bond motifs is 6. The molecule has 7 unspecified atom stereocenters. The highest BCUT2D eigenvalue weighted by molar-refractivity contribution is 5.98. The fourth-order valence-electron chi connectivity index (χ4n) is 15.6. The molecule has 12 heteroatoms. The molecule has 6 bridgehead atoms. The summed E-state index contributed by atoms with van der Waals surface area (Å²) in [6, 6.07) is 7.06. The molecule has 5 fully saturated rings. The number of hydrogen-bond acceptors (Lipinski definition) is 6. The van der Waals surface area contributed by atoms with E-state index in [1.54, 1.807) is 0 Å². The zero-order valence-electron chi connectivity index (χ0n) is 47.7. The number of aryl methyl sites for hydroxylation is 3. The van der Waals surface area contributed by atoms with Crippen molar-refractivity contribution in [1.82, 2.24) is 30.7 Å². The maximum atomic E-state index is 13.3. The van der Waals surface area contributed by atoms with Crippen molar-refractivity contribution >= 4 is 35.4 Å². The Bertz CT molecular complexity index is 2140. The second kappa shape index (κ2) is 27.4. The molecule has 0 aliphatic heterocycles. The summed E-state index contributed by atoms with van der Waals surface area (Å²) in [7, 11) is 5.73. The molecule has 0 spiro atoms. The van der Waals surface area contributed by atoms with Crippen molar-refractivity contribution in [3.63, 3.8) is 0 Å². The van der Waals surface area contributed by atoms with Gasteiger partial charge in [0.05, 0.1) is 0 Å². The van der Waals surface area contributed by atoms with Gasteiger partial charge in [-0.05, 0) is 188 Å². The summed E-state index contributed by atoms with van der Waals surface area (Å²) in [6.45, 7) is 8.49. The molecule has 7 rings (SSSR count). The van der Waals surface area contributed by atoms with E-state index in [1.165, 1.54) is 67.2 Å². The fourth-order valence-corrected chi connectivity index (χ4v) is 15.6. The lowest BCUT2D eigenvalue weighted by Crippen LogP contribution is -2.56. The third kappa shape index (κ3) is 16.6. The van der Waals surface area contributed by atoms with Crippen molar-refractivity contribution in [1.29, 1.82) is 0 Å². The predicted octanol–water partition coefficient (Wildman–Crippen LogP) is 10.7. The molecular weight excluding hydrogens is 937 g/mol. The first-order valence-electron chi connectivity index (χ1n) is 30.3. The Morgan fingerprint density at radius 1 is 0.520 bits per heavy atom. The van der Waals surface area contributed by atoms with Crippen LogP contribution < -0.4 is 16.0 Å². The lowest BCUT2D eigenvalue weighted by molar-refractivity contribution is -0.144. The maximum Gasteiger partial charge on any atom is 0.232 e. The second-order valence-electron chi connectivity index (χ2n) is 25.8. The first-order valence-corrected chi connectivity index (χ1v) is 30.3. The third-order valence-electron chi connectivity index (χ3n) is 19.4. The number of carbonyl (C=O) groups excluding carboxylic acids is 6. The minimum Gasteiger partial charge on any atom is -0.356 e. The van der Waals surface area contributed by atoms with Gasteiger partial charge in [-0.15, -0.1) is 0 Å². The Hall–Kier alpha value is -4.22. The summed E-state index contributed by atoms with van der Waals surface area (Å²) in [6.07, 6.45) is 32.8. The van der Waals surface area contributed by atoms with Crippen LogP contribution in [-0.2, 0) is 48.0 Å². The van der Waals surface area contributed by atoms with Gasteiger partial charge in [0.2, 0.25) is 35.4 Å². The summed E-state index contributed by atoms with van der Waals surface area (Å²) >= 11 is 0. The van der Waals surface area contributed by atoms with Gasteiger partial charge in [0.25, 0.3) is 0 Å². The number of allylic oxidation sites excluding steroid dienone is 1. The Morgan fingerprint density at radius 3 is 1.49 bits per heavy atom. The number of nitrogens with zero attached hydrogens (tertiary/aromatic N) is 3. The number of unbranched alkanes of at least 4 members (excludes halogenated alkanes) is 6. The van der Waals surface area contributed by atoms with Crippen LogP contribution in [0.25, 0.3) is 0 Å². The zero-order chi connectivity index (χ0) is 53.6. The van der Waals surface area contributed by atoms with Gasteiger partial charge >= 0.3 is 0 Å². The number of benzene rings is 1. The normalized spacial score (nSPS) is 27.8. The van der Waals surface area contributed by atoms with E-state index in [4.69, 9.17) is 0 Å². The second-order valence-corrected chi connectivity index (χ2v) is 25.8. The van der Waals surface area contributed by atoms with Crippen molar-refractivity contribution in [2.45, 2.75) is 243 Å². The third-order valence-corrected chi connectivity index (χ3v) is 19.4. The van der Waals surface area contributed by atoms with E-state index < -0.39 is 0 Å². The number of nitrogens with one attached hydrogen (secondary N) is 3. The smallest absolute Gasteiger partial charge is 0.232 e. The molecule has 3 N–H and O–H groups in total. The van der Waals surface area contributed by atoms with Crippen LogP contribution in [0.1, 0.15) is 224 Å². The first kappa shape index (κ1) is 58.5. The van der Waals surface area contributed by atoms with E-state index in [9.17, 15) is 28.8 Å². The van der Waals surface area contributed by atoms with Gasteiger partial charge in [0.15, 0.2) is 0 Å². The highest BCUT2D eigenvalue weighted by Crippen LogP contribution is 2.49. The van der Waals surface area contributed by atoms with Gasteiger partial charge < -0.3 is 30.7 Å². The van der Waals surface area contributed by atoms with Crippen LogP contribution in [0.15, 0.2) is 29.8 Å². The molecule has 6 amide bonds. The van der Waals surface area contributed by atoms with E-state index >= 15 is 0 Å². The predicted molar refractivity (Wildman–Crippen MR) is 300 cm³/mol. The lowest BCUT2D eigenvalue weighted by Gasteiger charge is -2.52. The largest absolute Gasteiger partial charge is 0.356 e. The number of rotatable bonds is 27. The molecule has 1 aromatic carbocycles. The molecule has 75 heavy (non-hydrogen) atoms. The van der Waals surface area contributed by atoms with Crippen LogP contribution in [0.3, 0.4) is 0 Å². The minimum absolute atomic E-state index is 0.0515. The molecular formula is C63H100N6O6. The average molecular weight is 1040 g/mol. The molecule has 6 aliphatic rings. The van der Waals surface area contributed by atoms with Gasteiger partial charge in [-0.1, -0.05) is 95.1 Å². The van der Waals surface area contributed by atoms with Gasteiger partial charge in [0.1, 0.15) is 19.3 Å². The molecule has 0 radical (unpaired) electrons. The van der Waals surface area contributed by atoms with Gasteiger partial charge in [-0.2, -0.15) is 0 Å². The summed E-state index contributed by atoms with van der Waals surface area (Å²) in [5.74, 6) is 2.45. The van der Waals surface area contributed by atoms with Crippen LogP contribution in [0.2, 0.25) is 0 Å². The molecule has 418 valence electrons. The Kier molecular flexibility index (Phi) is 21.4. The molecule has 12 nitrogen and oxygen atoms in total. The lowest BCUT2D eigenvalue weighted by atomic mass is 9.63. The molecule has 0 heterocycles. The molecule has 6 aliphatic carbocycles. The monoisotopic (exact) mass is 1040 g/mol.